The van der Waals surface area contributed by atoms with Crippen molar-refractivity contribution in [2.24, 2.45) is 29.1 Å². The van der Waals surface area contributed by atoms with Gasteiger partial charge in [-0.05, 0) is 49.4 Å². The highest BCUT2D eigenvalue weighted by Crippen LogP contribution is 2.56. The number of carbonyl (C=O) groups is 1. The minimum Gasteiger partial charge on any atom is -0.459 e. The molecule has 0 radical (unpaired) electrons. The molecule has 2 aliphatic carbocycles. The first-order chi connectivity index (χ1) is 11.8. The summed E-state index contributed by atoms with van der Waals surface area (Å²) in [5.74, 6) is 0.623. The highest BCUT2D eigenvalue weighted by molar-refractivity contribution is 5.91. The van der Waals surface area contributed by atoms with Gasteiger partial charge in [0.05, 0.1) is 18.3 Å². The SMILES string of the molecule is C=C1CCC2C([C@@H]1C/C=C1/C(=O)OCC1O)[C@@H](C)CC(O)C2(C)CO. The molecule has 0 spiro atoms. The van der Waals surface area contributed by atoms with Crippen LogP contribution in [0, 0.1) is 29.1 Å². The summed E-state index contributed by atoms with van der Waals surface area (Å²) in [5, 5.41) is 30.4. The number of hydrogen-bond donors (Lipinski definition) is 3. The quantitative estimate of drug-likeness (QED) is 0.411. The maximum Gasteiger partial charge on any atom is 0.336 e. The van der Waals surface area contributed by atoms with Crippen LogP contribution in [0.3, 0.4) is 0 Å². The molecule has 5 heteroatoms. The third kappa shape index (κ3) is 3.07. The van der Waals surface area contributed by atoms with Crippen LogP contribution in [0.25, 0.3) is 0 Å². The van der Waals surface area contributed by atoms with Crippen LogP contribution in [0.4, 0.5) is 0 Å². The molecule has 1 aliphatic heterocycles. The molecule has 0 aromatic heterocycles. The standard InChI is InChI=1S/C20H30O5/c1-11-4-7-15-18(12(2)8-17(23)20(15,3)10-21)13(11)5-6-14-16(22)9-25-19(14)24/h6,12-13,15-18,21-23H,1,4-5,7-10H2,2-3H3/b14-6+/t12-,13+,15?,16?,17?,18?,20?/m0/s1. The number of fused-ring (bicyclic) bond motifs is 1. The molecule has 1 saturated heterocycles. The zero-order chi connectivity index (χ0) is 18.4. The van der Waals surface area contributed by atoms with Gasteiger partial charge in [-0.2, -0.15) is 0 Å². The summed E-state index contributed by atoms with van der Waals surface area (Å²) in [6, 6.07) is 0. The molecular formula is C20H30O5. The fourth-order valence-corrected chi connectivity index (χ4v) is 5.34. The second-order valence-corrected chi connectivity index (χ2v) is 8.39. The molecule has 0 amide bonds. The predicted molar refractivity (Wildman–Crippen MR) is 93.5 cm³/mol. The summed E-state index contributed by atoms with van der Waals surface area (Å²) >= 11 is 0. The van der Waals surface area contributed by atoms with Gasteiger partial charge in [0.25, 0.3) is 0 Å². The molecule has 3 aliphatic rings. The maximum absolute atomic E-state index is 11.7. The van der Waals surface area contributed by atoms with Crippen LogP contribution in [0.2, 0.25) is 0 Å². The van der Waals surface area contributed by atoms with E-state index >= 15 is 0 Å². The van der Waals surface area contributed by atoms with Crippen molar-refractivity contribution in [3.05, 3.63) is 23.8 Å². The number of ether oxygens (including phenoxy) is 1. The molecule has 1 heterocycles. The van der Waals surface area contributed by atoms with Crippen molar-refractivity contribution in [2.45, 2.75) is 51.7 Å². The van der Waals surface area contributed by atoms with Crippen LogP contribution in [0.5, 0.6) is 0 Å². The molecular weight excluding hydrogens is 320 g/mol. The van der Waals surface area contributed by atoms with Crippen molar-refractivity contribution in [1.82, 2.24) is 0 Å². The molecule has 140 valence electrons. The highest BCUT2D eigenvalue weighted by atomic mass is 16.6. The molecule has 3 fully saturated rings. The summed E-state index contributed by atoms with van der Waals surface area (Å²) in [4.78, 5) is 11.7. The van der Waals surface area contributed by atoms with Crippen molar-refractivity contribution in [2.75, 3.05) is 13.2 Å². The molecule has 0 bridgehead atoms. The van der Waals surface area contributed by atoms with Gasteiger partial charge in [0.15, 0.2) is 0 Å². The summed E-state index contributed by atoms with van der Waals surface area (Å²) < 4.78 is 4.89. The number of esters is 1. The minimum absolute atomic E-state index is 0.0205. The number of carbonyl (C=O) groups excluding carboxylic acids is 1. The van der Waals surface area contributed by atoms with Gasteiger partial charge in [-0.3, -0.25) is 0 Å². The van der Waals surface area contributed by atoms with Gasteiger partial charge in [-0.1, -0.05) is 32.1 Å². The summed E-state index contributed by atoms with van der Waals surface area (Å²) in [5.41, 5.74) is 1.03. The number of rotatable bonds is 3. The lowest BCUT2D eigenvalue weighted by molar-refractivity contribution is -0.135. The zero-order valence-corrected chi connectivity index (χ0v) is 15.1. The van der Waals surface area contributed by atoms with Gasteiger partial charge in [-0.15, -0.1) is 0 Å². The van der Waals surface area contributed by atoms with Crippen molar-refractivity contribution in [3.63, 3.8) is 0 Å². The van der Waals surface area contributed by atoms with Gasteiger partial charge in [0.1, 0.15) is 12.7 Å². The molecule has 5 unspecified atom stereocenters. The fourth-order valence-electron chi connectivity index (χ4n) is 5.34. The first-order valence-electron chi connectivity index (χ1n) is 9.31. The van der Waals surface area contributed by atoms with Gasteiger partial charge in [0.2, 0.25) is 0 Å². The second-order valence-electron chi connectivity index (χ2n) is 8.39. The summed E-state index contributed by atoms with van der Waals surface area (Å²) in [6.07, 6.45) is 3.59. The number of hydrogen-bond acceptors (Lipinski definition) is 5. The zero-order valence-electron chi connectivity index (χ0n) is 15.1. The van der Waals surface area contributed by atoms with E-state index in [1.807, 2.05) is 13.0 Å². The van der Waals surface area contributed by atoms with E-state index in [1.165, 1.54) is 5.57 Å². The van der Waals surface area contributed by atoms with Gasteiger partial charge >= 0.3 is 5.97 Å². The topological polar surface area (TPSA) is 87.0 Å². The molecule has 0 aromatic rings. The maximum atomic E-state index is 11.7. The molecule has 7 atom stereocenters. The first-order valence-corrected chi connectivity index (χ1v) is 9.31. The van der Waals surface area contributed by atoms with Crippen LogP contribution < -0.4 is 0 Å². The molecule has 2 saturated carbocycles. The van der Waals surface area contributed by atoms with E-state index in [0.29, 0.717) is 30.3 Å². The van der Waals surface area contributed by atoms with E-state index in [9.17, 15) is 20.1 Å². The number of aliphatic hydroxyl groups excluding tert-OH is 3. The lowest BCUT2D eigenvalue weighted by Gasteiger charge is -2.56. The Morgan fingerprint density at radius 2 is 2.12 bits per heavy atom. The molecule has 3 rings (SSSR count). The van der Waals surface area contributed by atoms with Crippen LogP contribution in [0.1, 0.15) is 39.5 Å². The Hall–Kier alpha value is -1.17. The first kappa shape index (κ1) is 18.6. The lowest BCUT2D eigenvalue weighted by atomic mass is 9.50. The van der Waals surface area contributed by atoms with Gasteiger partial charge < -0.3 is 20.1 Å². The molecule has 3 N–H and O–H groups in total. The number of cyclic esters (lactones) is 1. The monoisotopic (exact) mass is 350 g/mol. The number of allylic oxidation sites excluding steroid dienone is 2. The van der Waals surface area contributed by atoms with Crippen molar-refractivity contribution in [3.8, 4) is 0 Å². The molecule has 5 nitrogen and oxygen atoms in total. The van der Waals surface area contributed by atoms with E-state index in [4.69, 9.17) is 4.74 Å². The number of aliphatic hydroxyl groups is 3. The third-order valence-corrected chi connectivity index (χ3v) is 6.99. The van der Waals surface area contributed by atoms with Crippen LogP contribution in [-0.4, -0.2) is 46.7 Å². The van der Waals surface area contributed by atoms with Crippen molar-refractivity contribution >= 4 is 5.97 Å². The Labute approximate surface area is 149 Å². The summed E-state index contributed by atoms with van der Waals surface area (Å²) in [6.45, 7) is 8.43. The Balaban J connectivity index is 1.86. The van der Waals surface area contributed by atoms with Crippen molar-refractivity contribution < 1.29 is 24.9 Å². The predicted octanol–water partition coefficient (Wildman–Crippen LogP) is 1.82. The molecule has 0 aromatic carbocycles. The Morgan fingerprint density at radius 3 is 2.72 bits per heavy atom. The Bertz CT molecular complexity index is 583. The summed E-state index contributed by atoms with van der Waals surface area (Å²) in [7, 11) is 0. The average molecular weight is 350 g/mol. The lowest BCUT2D eigenvalue weighted by Crippen LogP contribution is -2.55. The normalized spacial score (nSPS) is 46.2. The fraction of sp³-hybridized carbons (Fsp3) is 0.750. The van der Waals surface area contributed by atoms with Crippen molar-refractivity contribution in [1.29, 1.82) is 0 Å². The van der Waals surface area contributed by atoms with E-state index in [1.54, 1.807) is 0 Å². The minimum atomic E-state index is -0.839. The largest absolute Gasteiger partial charge is 0.459 e. The second kappa shape index (κ2) is 6.86. The van der Waals surface area contributed by atoms with Crippen LogP contribution in [-0.2, 0) is 9.53 Å². The van der Waals surface area contributed by atoms with Gasteiger partial charge in [0, 0.05) is 5.41 Å². The highest BCUT2D eigenvalue weighted by Gasteiger charge is 2.53. The molecule has 25 heavy (non-hydrogen) atoms. The van der Waals surface area contributed by atoms with Crippen LogP contribution >= 0.6 is 0 Å². The van der Waals surface area contributed by atoms with E-state index in [-0.39, 0.29) is 25.0 Å². The Kier molecular flexibility index (Phi) is 5.11. The average Bonchev–Trinajstić information content (AvgIpc) is 2.90. The smallest absolute Gasteiger partial charge is 0.336 e. The van der Waals surface area contributed by atoms with Crippen LogP contribution in [0.15, 0.2) is 23.8 Å². The van der Waals surface area contributed by atoms with E-state index in [2.05, 4.69) is 13.5 Å². The van der Waals surface area contributed by atoms with E-state index < -0.39 is 23.6 Å². The third-order valence-electron chi connectivity index (χ3n) is 6.99. The Morgan fingerprint density at radius 1 is 1.40 bits per heavy atom. The van der Waals surface area contributed by atoms with Gasteiger partial charge in [-0.25, -0.2) is 4.79 Å². The van der Waals surface area contributed by atoms with E-state index in [0.717, 1.165) is 12.8 Å².